The molecule has 0 aliphatic carbocycles. The molecule has 0 fully saturated rings. The Balaban J connectivity index is 0.000000845. The van der Waals surface area contributed by atoms with E-state index in [-0.39, 0.29) is 24.0 Å². The van der Waals surface area contributed by atoms with Gasteiger partial charge in [0.2, 0.25) is 0 Å². The molecule has 0 N–H and O–H groups in total. The first-order chi connectivity index (χ1) is 5.97. The summed E-state index contributed by atoms with van der Waals surface area (Å²) in [4.78, 5) is 8.37. The van der Waals surface area contributed by atoms with Crippen molar-refractivity contribution >= 4 is 24.0 Å². The van der Waals surface area contributed by atoms with E-state index in [1.807, 2.05) is 36.4 Å². The highest BCUT2D eigenvalue weighted by molar-refractivity contribution is 14.0. The van der Waals surface area contributed by atoms with Gasteiger partial charge in [0.05, 0.1) is 11.4 Å². The third-order valence-electron chi connectivity index (χ3n) is 1.59. The number of halogens is 1. The number of pyridine rings is 2. The van der Waals surface area contributed by atoms with Gasteiger partial charge >= 0.3 is 0 Å². The van der Waals surface area contributed by atoms with Crippen molar-refractivity contribution in [1.29, 1.82) is 0 Å². The van der Waals surface area contributed by atoms with Gasteiger partial charge in [-0.3, -0.25) is 9.97 Å². The predicted molar refractivity (Wildman–Crippen MR) is 62.9 cm³/mol. The molecule has 0 atom stereocenters. The Labute approximate surface area is 94.1 Å². The van der Waals surface area contributed by atoms with E-state index in [2.05, 4.69) is 9.97 Å². The van der Waals surface area contributed by atoms with Gasteiger partial charge in [-0.25, -0.2) is 0 Å². The molecule has 0 amide bonds. The molecule has 0 aliphatic rings. The normalized spacial score (nSPS) is 8.92. The van der Waals surface area contributed by atoms with Crippen molar-refractivity contribution < 1.29 is 0 Å². The lowest BCUT2D eigenvalue weighted by atomic mass is 10.2. The minimum absolute atomic E-state index is 0. The van der Waals surface area contributed by atoms with Crippen LogP contribution in [-0.4, -0.2) is 9.97 Å². The van der Waals surface area contributed by atoms with Gasteiger partial charge in [-0.1, -0.05) is 12.1 Å². The summed E-state index contributed by atoms with van der Waals surface area (Å²) >= 11 is 0. The lowest BCUT2D eigenvalue weighted by Gasteiger charge is -1.96. The van der Waals surface area contributed by atoms with Gasteiger partial charge in [0.15, 0.2) is 0 Å². The van der Waals surface area contributed by atoms with Crippen LogP contribution < -0.4 is 0 Å². The number of hydrogen-bond acceptors (Lipinski definition) is 2. The first kappa shape index (κ1) is 10.1. The molecular formula is C10H9IN2. The van der Waals surface area contributed by atoms with Crippen LogP contribution in [0.25, 0.3) is 11.4 Å². The van der Waals surface area contributed by atoms with E-state index in [4.69, 9.17) is 0 Å². The molecule has 0 aromatic carbocycles. The largest absolute Gasteiger partial charge is 0.255 e. The molecule has 66 valence electrons. The summed E-state index contributed by atoms with van der Waals surface area (Å²) in [6, 6.07) is 11.6. The topological polar surface area (TPSA) is 25.8 Å². The molecule has 0 radical (unpaired) electrons. The number of nitrogens with zero attached hydrogens (tertiary/aromatic N) is 2. The number of hydrogen-bond donors (Lipinski definition) is 0. The van der Waals surface area contributed by atoms with Crippen molar-refractivity contribution in [3.05, 3.63) is 48.8 Å². The van der Waals surface area contributed by atoms with Crippen molar-refractivity contribution in [3.63, 3.8) is 0 Å². The summed E-state index contributed by atoms with van der Waals surface area (Å²) in [5, 5.41) is 0. The SMILES string of the molecule is I.c1ccc(-c2ccccn2)nc1. The molecule has 3 heteroatoms. The average Bonchev–Trinajstić information content (AvgIpc) is 2.21. The second-order valence-electron chi connectivity index (χ2n) is 2.43. The Morgan fingerprint density at radius 1 is 0.692 bits per heavy atom. The molecule has 0 aliphatic heterocycles. The van der Waals surface area contributed by atoms with Gasteiger partial charge in [0.25, 0.3) is 0 Å². The fourth-order valence-electron chi connectivity index (χ4n) is 1.03. The standard InChI is InChI=1S/C10H8N2.HI/c1-3-7-11-9(5-1)10-6-2-4-8-12-10;/h1-8H;1H. The molecule has 0 spiro atoms. The summed E-state index contributed by atoms with van der Waals surface area (Å²) in [5.74, 6) is 0. The van der Waals surface area contributed by atoms with Crippen LogP contribution in [0, 0.1) is 0 Å². The van der Waals surface area contributed by atoms with Crippen LogP contribution in [0.5, 0.6) is 0 Å². The monoisotopic (exact) mass is 284 g/mol. The van der Waals surface area contributed by atoms with E-state index in [9.17, 15) is 0 Å². The highest BCUT2D eigenvalue weighted by Crippen LogP contribution is 2.10. The van der Waals surface area contributed by atoms with Crippen LogP contribution in [0.4, 0.5) is 0 Å². The Morgan fingerprint density at radius 3 is 1.46 bits per heavy atom. The molecule has 2 aromatic rings. The maximum atomic E-state index is 4.19. The fraction of sp³-hybridized carbons (Fsp3) is 0. The van der Waals surface area contributed by atoms with Crippen molar-refractivity contribution in [2.75, 3.05) is 0 Å². The second-order valence-corrected chi connectivity index (χ2v) is 2.43. The van der Waals surface area contributed by atoms with E-state index < -0.39 is 0 Å². The predicted octanol–water partition coefficient (Wildman–Crippen LogP) is 2.76. The van der Waals surface area contributed by atoms with Gasteiger partial charge in [-0.15, -0.1) is 24.0 Å². The van der Waals surface area contributed by atoms with E-state index in [0.717, 1.165) is 11.4 Å². The first-order valence-electron chi connectivity index (χ1n) is 3.79. The van der Waals surface area contributed by atoms with Crippen LogP contribution in [0.3, 0.4) is 0 Å². The minimum atomic E-state index is 0. The highest BCUT2D eigenvalue weighted by atomic mass is 127. The number of rotatable bonds is 1. The van der Waals surface area contributed by atoms with Gasteiger partial charge in [-0.05, 0) is 24.3 Å². The quantitative estimate of drug-likeness (QED) is 0.752. The van der Waals surface area contributed by atoms with Gasteiger partial charge in [-0.2, -0.15) is 0 Å². The number of aromatic nitrogens is 2. The highest BCUT2D eigenvalue weighted by Gasteiger charge is 1.95. The Kier molecular flexibility index (Phi) is 3.82. The van der Waals surface area contributed by atoms with Gasteiger partial charge < -0.3 is 0 Å². The van der Waals surface area contributed by atoms with Crippen LogP contribution in [0.15, 0.2) is 48.8 Å². The van der Waals surface area contributed by atoms with Crippen molar-refractivity contribution in [3.8, 4) is 11.4 Å². The lowest BCUT2D eigenvalue weighted by molar-refractivity contribution is 1.25. The summed E-state index contributed by atoms with van der Waals surface area (Å²) in [5.41, 5.74) is 1.83. The Bertz CT molecular complexity index is 310. The second kappa shape index (κ2) is 4.91. The van der Waals surface area contributed by atoms with E-state index >= 15 is 0 Å². The summed E-state index contributed by atoms with van der Waals surface area (Å²) in [7, 11) is 0. The molecule has 13 heavy (non-hydrogen) atoms. The van der Waals surface area contributed by atoms with Crippen LogP contribution in [-0.2, 0) is 0 Å². The third-order valence-corrected chi connectivity index (χ3v) is 1.59. The average molecular weight is 284 g/mol. The van der Waals surface area contributed by atoms with Crippen LogP contribution >= 0.6 is 24.0 Å². The molecular weight excluding hydrogens is 275 g/mol. The van der Waals surface area contributed by atoms with Gasteiger partial charge in [0, 0.05) is 12.4 Å². The zero-order chi connectivity index (χ0) is 8.23. The molecule has 2 nitrogen and oxygen atoms in total. The zero-order valence-electron chi connectivity index (χ0n) is 6.92. The first-order valence-corrected chi connectivity index (χ1v) is 3.79. The molecule has 0 bridgehead atoms. The van der Waals surface area contributed by atoms with E-state index in [1.54, 1.807) is 12.4 Å². The minimum Gasteiger partial charge on any atom is -0.255 e. The van der Waals surface area contributed by atoms with Gasteiger partial charge in [0.1, 0.15) is 0 Å². The van der Waals surface area contributed by atoms with Crippen molar-refractivity contribution in [2.45, 2.75) is 0 Å². The van der Waals surface area contributed by atoms with Crippen molar-refractivity contribution in [2.24, 2.45) is 0 Å². The molecule has 0 unspecified atom stereocenters. The van der Waals surface area contributed by atoms with E-state index in [0.29, 0.717) is 0 Å². The third kappa shape index (κ3) is 2.48. The summed E-state index contributed by atoms with van der Waals surface area (Å²) in [6.45, 7) is 0. The summed E-state index contributed by atoms with van der Waals surface area (Å²) in [6.07, 6.45) is 3.54. The van der Waals surface area contributed by atoms with Crippen LogP contribution in [0.1, 0.15) is 0 Å². The van der Waals surface area contributed by atoms with Crippen molar-refractivity contribution in [1.82, 2.24) is 9.97 Å². The molecule has 0 saturated carbocycles. The maximum Gasteiger partial charge on any atom is 0.0886 e. The molecule has 2 rings (SSSR count). The zero-order valence-corrected chi connectivity index (χ0v) is 9.25. The van der Waals surface area contributed by atoms with Crippen LogP contribution in [0.2, 0.25) is 0 Å². The van der Waals surface area contributed by atoms with E-state index in [1.165, 1.54) is 0 Å². The Morgan fingerprint density at radius 2 is 1.15 bits per heavy atom. The lowest BCUT2D eigenvalue weighted by Crippen LogP contribution is -1.83. The Hall–Kier alpha value is -0.970. The molecule has 2 heterocycles. The fourth-order valence-corrected chi connectivity index (χ4v) is 1.03. The smallest absolute Gasteiger partial charge is 0.0886 e. The molecule has 0 saturated heterocycles. The molecule has 2 aromatic heterocycles. The maximum absolute atomic E-state index is 4.19. The summed E-state index contributed by atoms with van der Waals surface area (Å²) < 4.78 is 0.